The van der Waals surface area contributed by atoms with Crippen LogP contribution >= 0.6 is 0 Å². The maximum Gasteiger partial charge on any atom is 0.164 e. The molecule has 2 saturated carbocycles. The molecule has 5 heteroatoms. The van der Waals surface area contributed by atoms with E-state index in [-0.39, 0.29) is 11.0 Å². The smallest absolute Gasteiger partial charge is 0.164 e. The molecule has 3 atom stereocenters. The Morgan fingerprint density at radius 2 is 2.00 bits per heavy atom. The number of ketones is 1. The Bertz CT molecular complexity index is 819. The first-order valence-electron chi connectivity index (χ1n) is 11.2. The molecule has 1 heterocycles. The predicted molar refractivity (Wildman–Crippen MR) is 111 cm³/mol. The minimum atomic E-state index is -0.324. The Morgan fingerprint density at radius 3 is 2.69 bits per heavy atom. The third-order valence-electron chi connectivity index (χ3n) is 8.00. The van der Waals surface area contributed by atoms with Gasteiger partial charge in [0.1, 0.15) is 5.78 Å². The Hall–Kier alpha value is -1.59. The second kappa shape index (κ2) is 6.98. The molecule has 1 aromatic rings. The molecule has 5 nitrogen and oxygen atoms in total. The van der Waals surface area contributed by atoms with E-state index in [0.717, 1.165) is 43.2 Å². The molecule has 4 aliphatic rings. The Labute approximate surface area is 173 Å². The number of methoxy groups -OCH3 is 2. The van der Waals surface area contributed by atoms with Crippen LogP contribution < -0.4 is 9.47 Å². The van der Waals surface area contributed by atoms with Gasteiger partial charge >= 0.3 is 0 Å². The van der Waals surface area contributed by atoms with E-state index in [1.165, 1.54) is 30.5 Å². The molecule has 3 fully saturated rings. The largest absolute Gasteiger partial charge is 0.493 e. The zero-order valence-electron chi connectivity index (χ0n) is 18.0. The van der Waals surface area contributed by atoms with Crippen LogP contribution in [-0.4, -0.2) is 56.2 Å². The van der Waals surface area contributed by atoms with Gasteiger partial charge in [0.2, 0.25) is 0 Å². The summed E-state index contributed by atoms with van der Waals surface area (Å²) in [5, 5.41) is 0. The van der Waals surface area contributed by atoms with Crippen molar-refractivity contribution in [2.45, 2.75) is 68.9 Å². The second-order valence-corrected chi connectivity index (χ2v) is 9.36. The van der Waals surface area contributed by atoms with Gasteiger partial charge < -0.3 is 14.2 Å². The summed E-state index contributed by atoms with van der Waals surface area (Å²) in [6.07, 6.45) is 6.60. The van der Waals surface area contributed by atoms with E-state index in [1.54, 1.807) is 14.2 Å². The summed E-state index contributed by atoms with van der Waals surface area (Å²) in [5.41, 5.74) is 1.84. The number of Topliss-reactive ketones (excluding diaryl/α,β-unsaturated/α-hetero) is 1. The second-order valence-electron chi connectivity index (χ2n) is 9.36. The Balaban J connectivity index is 1.72. The fourth-order valence-corrected chi connectivity index (χ4v) is 6.71. The summed E-state index contributed by atoms with van der Waals surface area (Å²) in [5.74, 6) is 2.76. The van der Waals surface area contributed by atoms with Crippen LogP contribution in [0.15, 0.2) is 12.1 Å². The number of fused-ring (bicyclic) bond motifs is 1. The number of ether oxygens (including phenoxy) is 3. The van der Waals surface area contributed by atoms with Gasteiger partial charge in [-0.15, -0.1) is 0 Å². The number of carbonyl (C=O) groups is 1. The fraction of sp³-hybridized carbons (Fsp3) is 0.708. The van der Waals surface area contributed by atoms with E-state index in [4.69, 9.17) is 14.2 Å². The highest BCUT2D eigenvalue weighted by atomic mass is 16.5. The molecule has 0 spiro atoms. The van der Waals surface area contributed by atoms with E-state index in [2.05, 4.69) is 17.9 Å². The normalized spacial score (nSPS) is 33.8. The maximum absolute atomic E-state index is 12.9. The van der Waals surface area contributed by atoms with E-state index >= 15 is 0 Å². The number of carbonyl (C=O) groups excluding carboxylic acids is 1. The zero-order chi connectivity index (χ0) is 20.2. The molecular formula is C24H33NO4. The fourth-order valence-electron chi connectivity index (χ4n) is 6.71. The highest BCUT2D eigenvalue weighted by Crippen LogP contribution is 2.62. The molecule has 0 aromatic heterocycles. The molecule has 0 amide bonds. The van der Waals surface area contributed by atoms with E-state index in [1.807, 2.05) is 6.07 Å². The first kappa shape index (κ1) is 19.4. The Morgan fingerprint density at radius 1 is 1.17 bits per heavy atom. The highest BCUT2D eigenvalue weighted by molar-refractivity contribution is 5.83. The van der Waals surface area contributed by atoms with Crippen LogP contribution in [0.25, 0.3) is 0 Å². The number of benzene rings is 1. The van der Waals surface area contributed by atoms with Crippen molar-refractivity contribution in [1.29, 1.82) is 0 Å². The van der Waals surface area contributed by atoms with E-state index < -0.39 is 0 Å². The monoisotopic (exact) mass is 399 g/mol. The Kier molecular flexibility index (Phi) is 4.67. The minimum Gasteiger partial charge on any atom is -0.493 e. The van der Waals surface area contributed by atoms with Gasteiger partial charge in [0.25, 0.3) is 0 Å². The summed E-state index contributed by atoms with van der Waals surface area (Å²) >= 11 is 0. The number of piperidine rings is 1. The molecule has 1 aromatic carbocycles. The third-order valence-corrected chi connectivity index (χ3v) is 8.00. The van der Waals surface area contributed by atoms with Crippen molar-refractivity contribution in [3.05, 3.63) is 23.3 Å². The molecule has 2 bridgehead atoms. The van der Waals surface area contributed by atoms with Crippen molar-refractivity contribution < 1.29 is 19.0 Å². The van der Waals surface area contributed by atoms with Crippen LogP contribution in [0.5, 0.6) is 11.5 Å². The zero-order valence-corrected chi connectivity index (χ0v) is 18.0. The van der Waals surface area contributed by atoms with Crippen molar-refractivity contribution in [1.82, 2.24) is 4.90 Å². The van der Waals surface area contributed by atoms with Crippen molar-refractivity contribution in [3.63, 3.8) is 0 Å². The van der Waals surface area contributed by atoms with Gasteiger partial charge in [0.15, 0.2) is 11.5 Å². The molecule has 0 radical (unpaired) electrons. The standard InChI is InChI=1S/C24H33NO4/c1-4-29-24-10-9-18(26)14-23(24)11-12-25(15-16-5-6-16)20(24)13-17-7-8-19(27-2)22(28-3)21(17)23/h7-8,16,20H,4-6,9-15H2,1-3H3/t20-,23-,24-/m1/s1. The average molecular weight is 400 g/mol. The lowest BCUT2D eigenvalue weighted by Gasteiger charge is -2.65. The maximum atomic E-state index is 12.9. The number of nitrogens with zero attached hydrogens (tertiary/aromatic N) is 1. The van der Waals surface area contributed by atoms with Crippen LogP contribution in [-0.2, 0) is 21.4 Å². The number of likely N-dealkylation sites (tertiary alicyclic amines) is 1. The van der Waals surface area contributed by atoms with Gasteiger partial charge in [-0.25, -0.2) is 0 Å². The summed E-state index contributed by atoms with van der Waals surface area (Å²) < 4.78 is 18.3. The lowest BCUT2D eigenvalue weighted by molar-refractivity contribution is -0.198. The first-order valence-corrected chi connectivity index (χ1v) is 11.2. The lowest BCUT2D eigenvalue weighted by atomic mass is 9.49. The first-order chi connectivity index (χ1) is 14.1. The molecule has 0 unspecified atom stereocenters. The topological polar surface area (TPSA) is 48.0 Å². The van der Waals surface area contributed by atoms with Gasteiger partial charge in [-0.2, -0.15) is 0 Å². The number of hydrogen-bond acceptors (Lipinski definition) is 5. The summed E-state index contributed by atoms with van der Waals surface area (Å²) in [6, 6.07) is 4.55. The highest BCUT2D eigenvalue weighted by Gasteiger charge is 2.67. The van der Waals surface area contributed by atoms with Crippen LogP contribution in [0, 0.1) is 5.92 Å². The van der Waals surface area contributed by atoms with Gasteiger partial charge in [-0.05, 0) is 63.1 Å². The molecule has 29 heavy (non-hydrogen) atoms. The minimum absolute atomic E-state index is 0.323. The SMILES string of the molecule is CCO[C@@]12CCC(=O)C[C@@]13CCN(CC1CC1)[C@@H]2Cc1ccc(OC)c(OC)c13. The summed E-state index contributed by atoms with van der Waals surface area (Å²) in [4.78, 5) is 15.5. The predicted octanol–water partition coefficient (Wildman–Crippen LogP) is 3.51. The number of rotatable bonds is 6. The van der Waals surface area contributed by atoms with Gasteiger partial charge in [0.05, 0.1) is 19.8 Å². The summed E-state index contributed by atoms with van der Waals surface area (Å²) in [6.45, 7) is 4.97. The van der Waals surface area contributed by atoms with Crippen molar-refractivity contribution in [2.75, 3.05) is 33.9 Å². The van der Waals surface area contributed by atoms with Crippen LogP contribution in [0.1, 0.15) is 56.6 Å². The van der Waals surface area contributed by atoms with Crippen molar-refractivity contribution >= 4 is 5.78 Å². The molecule has 5 rings (SSSR count). The molecule has 1 aliphatic heterocycles. The van der Waals surface area contributed by atoms with Crippen LogP contribution in [0.4, 0.5) is 0 Å². The van der Waals surface area contributed by atoms with E-state index in [9.17, 15) is 4.79 Å². The lowest BCUT2D eigenvalue weighted by Crippen LogP contribution is -2.74. The average Bonchev–Trinajstić information content (AvgIpc) is 3.54. The van der Waals surface area contributed by atoms with Crippen LogP contribution in [0.3, 0.4) is 0 Å². The van der Waals surface area contributed by atoms with Gasteiger partial charge in [0, 0.05) is 43.0 Å². The molecular weight excluding hydrogens is 366 g/mol. The third kappa shape index (κ3) is 2.70. The molecule has 3 aliphatic carbocycles. The van der Waals surface area contributed by atoms with Gasteiger partial charge in [-0.1, -0.05) is 6.07 Å². The summed E-state index contributed by atoms with van der Waals surface area (Å²) in [7, 11) is 3.41. The molecule has 0 N–H and O–H groups in total. The van der Waals surface area contributed by atoms with Crippen molar-refractivity contribution in [2.24, 2.45) is 5.92 Å². The molecule has 1 saturated heterocycles. The van der Waals surface area contributed by atoms with E-state index in [0.29, 0.717) is 31.3 Å². The molecule has 158 valence electrons. The quantitative estimate of drug-likeness (QED) is 0.733. The number of hydrogen-bond donors (Lipinski definition) is 0. The van der Waals surface area contributed by atoms with Crippen LogP contribution in [0.2, 0.25) is 0 Å². The van der Waals surface area contributed by atoms with Crippen molar-refractivity contribution in [3.8, 4) is 11.5 Å². The van der Waals surface area contributed by atoms with Gasteiger partial charge in [-0.3, -0.25) is 9.69 Å².